The predicted octanol–water partition coefficient (Wildman–Crippen LogP) is 2.15. The summed E-state index contributed by atoms with van der Waals surface area (Å²) >= 11 is 1.24. The Kier molecular flexibility index (Phi) is 3.17. The molecule has 5 nitrogen and oxygen atoms in total. The molecular weight excluding hydrogens is 286 g/mol. The second kappa shape index (κ2) is 4.89. The normalized spacial score (nSPS) is 13.3. The number of Topliss-reactive ketones (excluding diaryl/α,β-unsaturated/α-hetero) is 1. The monoisotopic (exact) mass is 301 g/mol. The molecule has 0 saturated heterocycles. The molecule has 2 aromatic rings. The Hall–Kier alpha value is -2.34. The van der Waals surface area contributed by atoms with Crippen molar-refractivity contribution in [1.29, 1.82) is 0 Å². The third-order valence-corrected chi connectivity index (χ3v) is 4.99. The van der Waals surface area contributed by atoms with Crippen LogP contribution in [0.3, 0.4) is 0 Å². The van der Waals surface area contributed by atoms with E-state index < -0.39 is 5.91 Å². The van der Waals surface area contributed by atoms with E-state index in [0.29, 0.717) is 23.0 Å². The third-order valence-electron chi connectivity index (χ3n) is 3.62. The molecule has 0 atom stereocenters. The summed E-state index contributed by atoms with van der Waals surface area (Å²) in [7, 11) is 0. The molecule has 21 heavy (non-hydrogen) atoms. The number of carbonyl (C=O) groups is 2. The molecule has 0 spiro atoms. The molecule has 0 saturated carbocycles. The molecule has 6 heteroatoms. The summed E-state index contributed by atoms with van der Waals surface area (Å²) in [6.45, 7) is 2.82. The van der Waals surface area contributed by atoms with Crippen molar-refractivity contribution in [2.75, 3.05) is 10.6 Å². The number of rotatable bonds is 3. The molecular formula is C15H15N3O2S. The Morgan fingerprint density at radius 1 is 1.19 bits per heavy atom. The zero-order valence-corrected chi connectivity index (χ0v) is 12.4. The molecule has 4 N–H and O–H groups in total. The number of nitrogen functional groups attached to an aromatic ring is 1. The number of benzene rings is 1. The quantitative estimate of drug-likeness (QED) is 0.850. The number of hydrogen-bond acceptors (Lipinski definition) is 5. The maximum Gasteiger partial charge on any atom is 0.253 e. The van der Waals surface area contributed by atoms with Gasteiger partial charge in [-0.15, -0.1) is 11.3 Å². The van der Waals surface area contributed by atoms with E-state index in [1.807, 2.05) is 17.0 Å². The van der Waals surface area contributed by atoms with Gasteiger partial charge in [-0.3, -0.25) is 9.59 Å². The molecule has 0 aliphatic carbocycles. The summed E-state index contributed by atoms with van der Waals surface area (Å²) in [6, 6.07) is 8.09. The van der Waals surface area contributed by atoms with Crippen LogP contribution in [0, 0.1) is 0 Å². The van der Waals surface area contributed by atoms with Crippen molar-refractivity contribution in [1.82, 2.24) is 0 Å². The molecule has 108 valence electrons. The van der Waals surface area contributed by atoms with Crippen molar-refractivity contribution in [3.63, 3.8) is 0 Å². The first-order valence-corrected chi connectivity index (χ1v) is 7.35. The number of fused-ring (bicyclic) bond motifs is 1. The summed E-state index contributed by atoms with van der Waals surface area (Å²) in [6.07, 6.45) is 0. The van der Waals surface area contributed by atoms with E-state index in [2.05, 4.69) is 12.1 Å². The highest BCUT2D eigenvalue weighted by Crippen LogP contribution is 2.41. The van der Waals surface area contributed by atoms with Crippen molar-refractivity contribution in [2.24, 2.45) is 5.73 Å². The lowest BCUT2D eigenvalue weighted by Crippen LogP contribution is -2.20. The molecule has 1 aromatic heterocycles. The van der Waals surface area contributed by atoms with Crippen LogP contribution in [0.25, 0.3) is 0 Å². The summed E-state index contributed by atoms with van der Waals surface area (Å²) in [5.41, 5.74) is 14.3. The minimum absolute atomic E-state index is 0.150. The lowest BCUT2D eigenvalue weighted by atomic mass is 10.1. The van der Waals surface area contributed by atoms with Gasteiger partial charge in [0.1, 0.15) is 5.00 Å². The maximum atomic E-state index is 11.7. The highest BCUT2D eigenvalue weighted by atomic mass is 32.1. The van der Waals surface area contributed by atoms with E-state index in [1.165, 1.54) is 29.4 Å². The Balaban J connectivity index is 2.06. The number of primary amides is 1. The lowest BCUT2D eigenvalue weighted by molar-refractivity contribution is 0.100. The fraction of sp³-hybridized carbons (Fsp3) is 0.200. The number of amides is 1. The average molecular weight is 301 g/mol. The molecule has 1 aromatic carbocycles. The van der Waals surface area contributed by atoms with Crippen molar-refractivity contribution in [3.05, 3.63) is 45.8 Å². The fourth-order valence-electron chi connectivity index (χ4n) is 2.63. The van der Waals surface area contributed by atoms with Crippen molar-refractivity contribution >= 4 is 33.7 Å². The van der Waals surface area contributed by atoms with Crippen molar-refractivity contribution < 1.29 is 9.59 Å². The fourth-order valence-corrected chi connectivity index (χ4v) is 3.75. The van der Waals surface area contributed by atoms with Crippen molar-refractivity contribution in [3.8, 4) is 0 Å². The number of carbonyl (C=O) groups excluding carboxylic acids is 2. The maximum absolute atomic E-state index is 11.7. The number of nitrogens with zero attached hydrogens (tertiary/aromatic N) is 1. The Morgan fingerprint density at radius 2 is 1.76 bits per heavy atom. The Morgan fingerprint density at radius 3 is 2.24 bits per heavy atom. The van der Waals surface area contributed by atoms with E-state index >= 15 is 0 Å². The van der Waals surface area contributed by atoms with Gasteiger partial charge in [0.05, 0.1) is 16.1 Å². The first kappa shape index (κ1) is 13.6. The third kappa shape index (κ3) is 2.17. The zero-order valence-electron chi connectivity index (χ0n) is 11.6. The minimum atomic E-state index is -0.595. The van der Waals surface area contributed by atoms with Gasteiger partial charge in [-0.05, 0) is 11.1 Å². The molecule has 1 aliphatic rings. The molecule has 2 heterocycles. The first-order chi connectivity index (χ1) is 9.99. The topological polar surface area (TPSA) is 89.4 Å². The highest BCUT2D eigenvalue weighted by Gasteiger charge is 2.28. The molecule has 0 fully saturated rings. The molecule has 1 amide bonds. The van der Waals surface area contributed by atoms with Crippen LogP contribution >= 0.6 is 11.3 Å². The molecule has 0 radical (unpaired) electrons. The van der Waals surface area contributed by atoms with Gasteiger partial charge in [0.25, 0.3) is 5.91 Å². The van der Waals surface area contributed by atoms with Crippen LogP contribution in [0.2, 0.25) is 0 Å². The van der Waals surface area contributed by atoms with E-state index in [9.17, 15) is 9.59 Å². The minimum Gasteiger partial charge on any atom is -0.397 e. The lowest BCUT2D eigenvalue weighted by Gasteiger charge is -2.16. The van der Waals surface area contributed by atoms with E-state index in [0.717, 1.165) is 0 Å². The Bertz CT molecular complexity index is 726. The van der Waals surface area contributed by atoms with Crippen LogP contribution in [0.5, 0.6) is 0 Å². The van der Waals surface area contributed by atoms with Gasteiger partial charge in [0, 0.05) is 20.0 Å². The number of ketones is 1. The largest absolute Gasteiger partial charge is 0.397 e. The highest BCUT2D eigenvalue weighted by molar-refractivity contribution is 7.19. The van der Waals surface area contributed by atoms with Crippen LogP contribution in [-0.2, 0) is 13.1 Å². The number of hydrogen-bond donors (Lipinski definition) is 2. The van der Waals surface area contributed by atoms with E-state index in [-0.39, 0.29) is 17.0 Å². The summed E-state index contributed by atoms with van der Waals surface area (Å²) in [5.74, 6) is -0.745. The van der Waals surface area contributed by atoms with Crippen LogP contribution < -0.4 is 16.4 Å². The first-order valence-electron chi connectivity index (χ1n) is 6.53. The summed E-state index contributed by atoms with van der Waals surface area (Å²) in [5, 5.41) is 0.682. The SMILES string of the molecule is CC(=O)c1sc(N2Cc3ccccc3C2)c(C(N)=O)c1N. The average Bonchev–Trinajstić information content (AvgIpc) is 2.98. The molecule has 0 bridgehead atoms. The van der Waals surface area contributed by atoms with Gasteiger partial charge < -0.3 is 16.4 Å². The smallest absolute Gasteiger partial charge is 0.253 e. The van der Waals surface area contributed by atoms with Crippen molar-refractivity contribution in [2.45, 2.75) is 20.0 Å². The number of thiophene rings is 1. The van der Waals surface area contributed by atoms with Crippen LogP contribution in [0.1, 0.15) is 38.1 Å². The van der Waals surface area contributed by atoms with Crippen LogP contribution in [-0.4, -0.2) is 11.7 Å². The second-order valence-electron chi connectivity index (χ2n) is 5.07. The summed E-state index contributed by atoms with van der Waals surface area (Å²) in [4.78, 5) is 25.8. The van der Waals surface area contributed by atoms with Gasteiger partial charge in [0.2, 0.25) is 0 Å². The zero-order chi connectivity index (χ0) is 15.1. The van der Waals surface area contributed by atoms with Gasteiger partial charge in [0.15, 0.2) is 5.78 Å². The van der Waals surface area contributed by atoms with E-state index in [4.69, 9.17) is 11.5 Å². The van der Waals surface area contributed by atoms with E-state index in [1.54, 1.807) is 0 Å². The molecule has 3 rings (SSSR count). The van der Waals surface area contributed by atoms with Gasteiger partial charge >= 0.3 is 0 Å². The summed E-state index contributed by atoms with van der Waals surface area (Å²) < 4.78 is 0. The second-order valence-corrected chi connectivity index (χ2v) is 6.07. The van der Waals surface area contributed by atoms with Gasteiger partial charge in [-0.2, -0.15) is 0 Å². The number of nitrogens with two attached hydrogens (primary N) is 2. The standard InChI is InChI=1S/C15H15N3O2S/c1-8(19)13-12(16)11(14(17)20)15(21-13)18-6-9-4-2-3-5-10(9)7-18/h2-5H,6-7,16H2,1H3,(H2,17,20). The predicted molar refractivity (Wildman–Crippen MR) is 83.6 cm³/mol. The van der Waals surface area contributed by atoms with Gasteiger partial charge in [-0.1, -0.05) is 24.3 Å². The molecule has 0 unspecified atom stereocenters. The van der Waals surface area contributed by atoms with Crippen LogP contribution in [0.4, 0.5) is 10.7 Å². The number of anilines is 2. The van der Waals surface area contributed by atoms with Gasteiger partial charge in [-0.25, -0.2) is 0 Å². The molecule has 1 aliphatic heterocycles. The Labute approximate surface area is 126 Å². The van der Waals surface area contributed by atoms with Crippen LogP contribution in [0.15, 0.2) is 24.3 Å².